The number of nitrogens with one attached hydrogen (secondary N) is 1. The third kappa shape index (κ3) is 6.16. The number of hydrogen-bond acceptors (Lipinski definition) is 7. The first-order valence-electron chi connectivity index (χ1n) is 13.5. The van der Waals surface area contributed by atoms with E-state index in [4.69, 9.17) is 4.74 Å². The van der Waals surface area contributed by atoms with Gasteiger partial charge >= 0.3 is 5.97 Å². The standard InChI is InChI=1S/C27H41N5O4/c1-17(2)21-9-8-18(3)10-26(34)32-15-19-11-20(23(32)6-5-7-25(33)30-21)16-31(14-19)24-13-28-22(12-29-24)27(35)36-4/h12-13,17-21,23H,5-11,14-16H2,1-4H3,(H,30,33)/t18-,19+,20+,21+,23+/m1/s1. The molecule has 0 radical (unpaired) electrons. The van der Waals surface area contributed by atoms with E-state index in [9.17, 15) is 14.4 Å². The molecule has 9 heteroatoms. The highest BCUT2D eigenvalue weighted by atomic mass is 16.5. The summed E-state index contributed by atoms with van der Waals surface area (Å²) >= 11 is 0. The van der Waals surface area contributed by atoms with Crippen LogP contribution in [-0.2, 0) is 14.3 Å². The molecule has 0 saturated carbocycles. The van der Waals surface area contributed by atoms with Crippen molar-refractivity contribution in [2.75, 3.05) is 31.6 Å². The van der Waals surface area contributed by atoms with Crippen LogP contribution < -0.4 is 10.2 Å². The number of aromatic nitrogens is 2. The summed E-state index contributed by atoms with van der Waals surface area (Å²) in [5.74, 6) is 1.98. The number of methoxy groups -OCH3 is 1. The number of rotatable bonds is 3. The normalized spacial score (nSPS) is 30.0. The van der Waals surface area contributed by atoms with Gasteiger partial charge in [-0.25, -0.2) is 14.8 Å². The van der Waals surface area contributed by atoms with Gasteiger partial charge in [0.1, 0.15) is 5.82 Å². The predicted molar refractivity (Wildman–Crippen MR) is 136 cm³/mol. The van der Waals surface area contributed by atoms with Crippen molar-refractivity contribution in [3.05, 3.63) is 18.1 Å². The lowest BCUT2D eigenvalue weighted by atomic mass is 9.77. The number of carbonyl (C=O) groups is 3. The molecule has 36 heavy (non-hydrogen) atoms. The minimum atomic E-state index is -0.499. The number of hydrogen-bond donors (Lipinski definition) is 1. The number of piperidine rings is 2. The van der Waals surface area contributed by atoms with Gasteiger partial charge in [0.05, 0.1) is 19.5 Å². The molecule has 9 nitrogen and oxygen atoms in total. The predicted octanol–water partition coefficient (Wildman–Crippen LogP) is 3.05. The lowest BCUT2D eigenvalue weighted by Crippen LogP contribution is -2.59. The Morgan fingerprint density at radius 1 is 1.11 bits per heavy atom. The smallest absolute Gasteiger partial charge is 0.358 e. The van der Waals surface area contributed by atoms with E-state index in [1.165, 1.54) is 13.3 Å². The second kappa shape index (κ2) is 11.6. The molecular formula is C27H41N5O4. The fourth-order valence-corrected chi connectivity index (χ4v) is 6.19. The largest absolute Gasteiger partial charge is 0.464 e. The van der Waals surface area contributed by atoms with Gasteiger partial charge in [0.15, 0.2) is 5.69 Å². The lowest BCUT2D eigenvalue weighted by molar-refractivity contribution is -0.139. The van der Waals surface area contributed by atoms with Crippen LogP contribution in [0, 0.1) is 23.7 Å². The Morgan fingerprint density at radius 3 is 2.61 bits per heavy atom. The first kappa shape index (κ1) is 26.4. The van der Waals surface area contributed by atoms with Gasteiger partial charge < -0.3 is 19.9 Å². The minimum absolute atomic E-state index is 0.124. The third-order valence-corrected chi connectivity index (χ3v) is 8.19. The minimum Gasteiger partial charge on any atom is -0.464 e. The summed E-state index contributed by atoms with van der Waals surface area (Å²) in [5, 5.41) is 3.25. The molecule has 2 bridgehead atoms. The van der Waals surface area contributed by atoms with Crippen molar-refractivity contribution >= 4 is 23.6 Å². The van der Waals surface area contributed by atoms with E-state index in [1.807, 2.05) is 0 Å². The van der Waals surface area contributed by atoms with Crippen molar-refractivity contribution in [3.63, 3.8) is 0 Å². The van der Waals surface area contributed by atoms with Crippen LogP contribution >= 0.6 is 0 Å². The highest BCUT2D eigenvalue weighted by Crippen LogP contribution is 2.37. The molecule has 0 unspecified atom stereocenters. The summed E-state index contributed by atoms with van der Waals surface area (Å²) in [4.78, 5) is 51.0. The number of nitrogens with zero attached hydrogens (tertiary/aromatic N) is 4. The molecule has 1 N–H and O–H groups in total. The van der Waals surface area contributed by atoms with E-state index in [2.05, 4.69) is 45.9 Å². The summed E-state index contributed by atoms with van der Waals surface area (Å²) in [5.41, 5.74) is 0.192. The maximum Gasteiger partial charge on any atom is 0.358 e. The molecule has 1 aromatic rings. The molecule has 5 atom stereocenters. The highest BCUT2D eigenvalue weighted by Gasteiger charge is 2.43. The number of carbonyl (C=O) groups excluding carboxylic acids is 3. The fourth-order valence-electron chi connectivity index (χ4n) is 6.19. The molecule has 2 amide bonds. The van der Waals surface area contributed by atoms with Crippen LogP contribution in [0.5, 0.6) is 0 Å². The number of amides is 2. The Kier molecular flexibility index (Phi) is 8.46. The fraction of sp³-hybridized carbons (Fsp3) is 0.741. The van der Waals surface area contributed by atoms with E-state index < -0.39 is 5.97 Å². The first-order valence-corrected chi connectivity index (χ1v) is 13.5. The van der Waals surface area contributed by atoms with Gasteiger partial charge in [-0.1, -0.05) is 20.8 Å². The first-order chi connectivity index (χ1) is 17.2. The van der Waals surface area contributed by atoms with Crippen molar-refractivity contribution in [1.29, 1.82) is 0 Å². The van der Waals surface area contributed by atoms with Crippen molar-refractivity contribution in [3.8, 4) is 0 Å². The number of esters is 1. The molecule has 1 aromatic heterocycles. The van der Waals surface area contributed by atoms with Crippen LogP contribution in [-0.4, -0.2) is 71.5 Å². The Bertz CT molecular complexity index is 937. The maximum absolute atomic E-state index is 13.5. The summed E-state index contributed by atoms with van der Waals surface area (Å²) in [7, 11) is 1.33. The second-order valence-electron chi connectivity index (χ2n) is 11.3. The van der Waals surface area contributed by atoms with E-state index in [0.29, 0.717) is 36.5 Å². The summed E-state index contributed by atoms with van der Waals surface area (Å²) in [6, 6.07) is 0.290. The molecule has 0 spiro atoms. The summed E-state index contributed by atoms with van der Waals surface area (Å²) < 4.78 is 4.73. The average molecular weight is 500 g/mol. The van der Waals surface area contributed by atoms with Crippen LogP contribution in [0.25, 0.3) is 0 Å². The maximum atomic E-state index is 13.5. The molecule has 0 aromatic carbocycles. The van der Waals surface area contributed by atoms with Gasteiger partial charge in [-0.3, -0.25) is 9.59 Å². The van der Waals surface area contributed by atoms with E-state index in [1.54, 1.807) is 6.20 Å². The van der Waals surface area contributed by atoms with Gasteiger partial charge in [0, 0.05) is 44.6 Å². The lowest BCUT2D eigenvalue weighted by Gasteiger charge is -2.51. The molecule has 198 valence electrons. The molecule has 3 aliphatic rings. The SMILES string of the molecule is COC(=O)c1cnc(N2C[C@@H]3C[C@@H](C2)[C@@H]2CCCC(=O)N[C@H](C(C)C)CC[C@@H](C)CC(=O)N2C3)cn1. The van der Waals surface area contributed by atoms with Crippen LogP contribution in [0.2, 0.25) is 0 Å². The van der Waals surface area contributed by atoms with Crippen LogP contribution in [0.15, 0.2) is 12.4 Å². The van der Waals surface area contributed by atoms with Gasteiger partial charge in [-0.05, 0) is 55.8 Å². The van der Waals surface area contributed by atoms with Crippen LogP contribution in [0.3, 0.4) is 0 Å². The molecule has 4 rings (SSSR count). The van der Waals surface area contributed by atoms with Crippen molar-refractivity contribution in [1.82, 2.24) is 20.2 Å². The Balaban J connectivity index is 1.50. The molecule has 3 saturated heterocycles. The number of anilines is 1. The van der Waals surface area contributed by atoms with E-state index >= 15 is 0 Å². The van der Waals surface area contributed by atoms with Crippen molar-refractivity contribution in [2.45, 2.75) is 77.8 Å². The van der Waals surface area contributed by atoms with Gasteiger partial charge in [-0.2, -0.15) is 0 Å². The monoisotopic (exact) mass is 499 g/mol. The summed E-state index contributed by atoms with van der Waals surface area (Å²) in [6.45, 7) is 8.81. The molecule has 0 aliphatic carbocycles. The zero-order valence-corrected chi connectivity index (χ0v) is 22.1. The Morgan fingerprint density at radius 2 is 1.92 bits per heavy atom. The topological polar surface area (TPSA) is 105 Å². The zero-order valence-electron chi connectivity index (χ0n) is 22.1. The Hall–Kier alpha value is -2.71. The van der Waals surface area contributed by atoms with Crippen LogP contribution in [0.4, 0.5) is 5.82 Å². The third-order valence-electron chi connectivity index (χ3n) is 8.19. The van der Waals surface area contributed by atoms with E-state index in [0.717, 1.165) is 57.6 Å². The van der Waals surface area contributed by atoms with Gasteiger partial charge in [-0.15, -0.1) is 0 Å². The van der Waals surface area contributed by atoms with Gasteiger partial charge in [0.25, 0.3) is 0 Å². The zero-order chi connectivity index (χ0) is 25.8. The summed E-state index contributed by atoms with van der Waals surface area (Å²) in [6.07, 6.45) is 8.70. The molecular weight excluding hydrogens is 458 g/mol. The molecule has 4 heterocycles. The number of ether oxygens (including phenoxy) is 1. The van der Waals surface area contributed by atoms with E-state index in [-0.39, 0.29) is 29.6 Å². The second-order valence-corrected chi connectivity index (χ2v) is 11.3. The van der Waals surface area contributed by atoms with Crippen LogP contribution in [0.1, 0.15) is 76.2 Å². The molecule has 3 aliphatic heterocycles. The van der Waals surface area contributed by atoms with Crippen molar-refractivity contribution < 1.29 is 19.1 Å². The van der Waals surface area contributed by atoms with Crippen molar-refractivity contribution in [2.24, 2.45) is 23.7 Å². The molecule has 3 fully saturated rings. The Labute approximate surface area is 214 Å². The highest BCUT2D eigenvalue weighted by molar-refractivity contribution is 5.86. The van der Waals surface area contributed by atoms with Gasteiger partial charge in [0.2, 0.25) is 11.8 Å². The quantitative estimate of drug-likeness (QED) is 0.638. The average Bonchev–Trinajstić information content (AvgIpc) is 2.87. The number of fused-ring (bicyclic) bond motifs is 4.